The molecule has 5 nitrogen and oxygen atoms in total. The Morgan fingerprint density at radius 1 is 1.14 bits per heavy atom. The zero-order valence-electron chi connectivity index (χ0n) is 10.9. The maximum absolute atomic E-state index is 11.8. The average molecular weight is 306 g/mol. The van der Waals surface area contributed by atoms with E-state index >= 15 is 0 Å². The molecule has 0 aliphatic carbocycles. The van der Waals surface area contributed by atoms with Crippen LogP contribution in [-0.2, 0) is 11.2 Å². The molecule has 0 amide bonds. The molecule has 0 bridgehead atoms. The summed E-state index contributed by atoms with van der Waals surface area (Å²) in [6, 6.07) is 14.6. The number of hydrogen-bond acceptors (Lipinski definition) is 4. The lowest BCUT2D eigenvalue weighted by molar-refractivity contribution is -0.384. The Balaban J connectivity index is 1.95. The second-order valence-corrected chi connectivity index (χ2v) is 4.86. The van der Waals surface area contributed by atoms with Gasteiger partial charge in [0.1, 0.15) is 11.1 Å². The molecule has 2 aromatic carbocycles. The van der Waals surface area contributed by atoms with Crippen molar-refractivity contribution >= 4 is 23.3 Å². The predicted molar refractivity (Wildman–Crippen MR) is 78.5 cm³/mol. The highest BCUT2D eigenvalue weighted by Crippen LogP contribution is 2.19. The van der Waals surface area contributed by atoms with E-state index in [1.807, 2.05) is 30.3 Å². The number of benzene rings is 2. The van der Waals surface area contributed by atoms with Gasteiger partial charge in [0.25, 0.3) is 5.69 Å². The van der Waals surface area contributed by atoms with Gasteiger partial charge in [0, 0.05) is 12.1 Å². The Bertz CT molecular complexity index is 628. The van der Waals surface area contributed by atoms with Gasteiger partial charge in [0.05, 0.1) is 4.92 Å². The number of non-ortho nitro benzene ring substituents is 1. The molecule has 2 rings (SSSR count). The smallest absolute Gasteiger partial charge is 0.329 e. The first-order chi connectivity index (χ1) is 10.1. The number of hydrogen-bond donors (Lipinski definition) is 0. The number of ether oxygens (including phenoxy) is 1. The molecule has 0 aliphatic rings. The van der Waals surface area contributed by atoms with Crippen LogP contribution in [-0.4, -0.2) is 16.3 Å². The molecule has 0 fully saturated rings. The van der Waals surface area contributed by atoms with Gasteiger partial charge in [-0.3, -0.25) is 14.9 Å². The summed E-state index contributed by atoms with van der Waals surface area (Å²) in [5.74, 6) is -0.362. The molecule has 0 aromatic heterocycles. The van der Waals surface area contributed by atoms with Crippen LogP contribution in [0, 0.1) is 10.1 Å². The lowest BCUT2D eigenvalue weighted by atomic mass is 10.1. The largest absolute Gasteiger partial charge is 0.425 e. The van der Waals surface area contributed by atoms with E-state index in [1.165, 1.54) is 24.3 Å². The van der Waals surface area contributed by atoms with Crippen molar-refractivity contribution in [2.24, 2.45) is 0 Å². The van der Waals surface area contributed by atoms with E-state index < -0.39 is 16.3 Å². The fraction of sp³-hybridized carbons (Fsp3) is 0.133. The zero-order chi connectivity index (χ0) is 15.2. The summed E-state index contributed by atoms with van der Waals surface area (Å²) in [6.07, 6.45) is 0.355. The third kappa shape index (κ3) is 4.29. The predicted octanol–water partition coefficient (Wildman–Crippen LogP) is 3.35. The molecule has 0 radical (unpaired) electrons. The van der Waals surface area contributed by atoms with Gasteiger partial charge in [-0.1, -0.05) is 30.3 Å². The van der Waals surface area contributed by atoms with E-state index in [1.54, 1.807) is 0 Å². The molecule has 0 aliphatic heterocycles. The third-order valence-electron chi connectivity index (χ3n) is 2.78. The van der Waals surface area contributed by atoms with Gasteiger partial charge in [-0.25, -0.2) is 0 Å². The monoisotopic (exact) mass is 305 g/mol. The first-order valence-electron chi connectivity index (χ1n) is 6.20. The van der Waals surface area contributed by atoms with Crippen LogP contribution in [0.2, 0.25) is 0 Å². The molecular weight excluding hydrogens is 294 g/mol. The molecule has 108 valence electrons. The van der Waals surface area contributed by atoms with E-state index in [9.17, 15) is 14.9 Å². The van der Waals surface area contributed by atoms with Crippen molar-refractivity contribution in [3.63, 3.8) is 0 Å². The summed E-state index contributed by atoms with van der Waals surface area (Å²) in [5.41, 5.74) is 0.861. The van der Waals surface area contributed by atoms with Crippen molar-refractivity contribution in [2.75, 3.05) is 0 Å². The van der Waals surface area contributed by atoms with Crippen molar-refractivity contribution in [1.29, 1.82) is 0 Å². The second kappa shape index (κ2) is 6.85. The molecule has 0 N–H and O–H groups in total. The van der Waals surface area contributed by atoms with Gasteiger partial charge in [-0.15, -0.1) is 11.6 Å². The van der Waals surface area contributed by atoms with E-state index in [4.69, 9.17) is 16.3 Å². The molecule has 0 saturated carbocycles. The summed E-state index contributed by atoms with van der Waals surface area (Å²) in [4.78, 5) is 21.8. The first kappa shape index (κ1) is 15.0. The first-order valence-corrected chi connectivity index (χ1v) is 6.64. The molecule has 0 saturated heterocycles. The van der Waals surface area contributed by atoms with Crippen LogP contribution < -0.4 is 4.74 Å². The topological polar surface area (TPSA) is 69.4 Å². The van der Waals surface area contributed by atoms with Crippen molar-refractivity contribution in [3.8, 4) is 5.75 Å². The highest BCUT2D eigenvalue weighted by molar-refractivity contribution is 6.30. The summed E-state index contributed by atoms with van der Waals surface area (Å²) in [5, 5.41) is 9.71. The Hall–Kier alpha value is -2.40. The standard InChI is InChI=1S/C15H12ClNO4/c16-14(10-11-4-2-1-3-5-11)15(18)21-13-8-6-12(7-9-13)17(19)20/h1-9,14H,10H2/t14-/m0/s1. The number of nitrogens with zero attached hydrogens (tertiary/aromatic N) is 1. The Labute approximate surface area is 126 Å². The maximum Gasteiger partial charge on any atom is 0.329 e. The van der Waals surface area contributed by atoms with Crippen molar-refractivity contribution < 1.29 is 14.5 Å². The Morgan fingerprint density at radius 3 is 2.33 bits per heavy atom. The lowest BCUT2D eigenvalue weighted by Crippen LogP contribution is -2.22. The Kier molecular flexibility index (Phi) is 4.90. The quantitative estimate of drug-likeness (QED) is 0.279. The van der Waals surface area contributed by atoms with Gasteiger partial charge < -0.3 is 4.74 Å². The Morgan fingerprint density at radius 2 is 1.76 bits per heavy atom. The lowest BCUT2D eigenvalue weighted by Gasteiger charge is -2.09. The van der Waals surface area contributed by atoms with Gasteiger partial charge in [0.15, 0.2) is 0 Å². The SMILES string of the molecule is O=C(Oc1ccc([N+](=O)[O-])cc1)[C@@H](Cl)Cc1ccccc1. The number of halogens is 1. The zero-order valence-corrected chi connectivity index (χ0v) is 11.7. The highest BCUT2D eigenvalue weighted by atomic mass is 35.5. The molecule has 0 unspecified atom stereocenters. The van der Waals surface area contributed by atoms with Gasteiger partial charge in [0.2, 0.25) is 0 Å². The van der Waals surface area contributed by atoms with Crippen molar-refractivity contribution in [1.82, 2.24) is 0 Å². The summed E-state index contributed by atoms with van der Waals surface area (Å²) < 4.78 is 5.09. The van der Waals surface area contributed by atoms with Crippen LogP contribution in [0.5, 0.6) is 5.75 Å². The summed E-state index contributed by atoms with van der Waals surface area (Å²) in [6.45, 7) is 0. The minimum absolute atomic E-state index is 0.0680. The summed E-state index contributed by atoms with van der Waals surface area (Å²) >= 11 is 6.01. The molecular formula is C15H12ClNO4. The number of carbonyl (C=O) groups excluding carboxylic acids is 1. The van der Waals surface area contributed by atoms with Crippen LogP contribution in [0.15, 0.2) is 54.6 Å². The highest BCUT2D eigenvalue weighted by Gasteiger charge is 2.18. The van der Waals surface area contributed by atoms with Crippen LogP contribution in [0.25, 0.3) is 0 Å². The maximum atomic E-state index is 11.8. The van der Waals surface area contributed by atoms with Crippen molar-refractivity contribution in [3.05, 3.63) is 70.3 Å². The van der Waals surface area contributed by atoms with Gasteiger partial charge in [-0.05, 0) is 24.1 Å². The van der Waals surface area contributed by atoms with Crippen LogP contribution in [0.3, 0.4) is 0 Å². The minimum atomic E-state index is -0.817. The molecule has 1 atom stereocenters. The van der Waals surface area contributed by atoms with Gasteiger partial charge in [-0.2, -0.15) is 0 Å². The van der Waals surface area contributed by atoms with E-state index in [0.29, 0.717) is 6.42 Å². The summed E-state index contributed by atoms with van der Waals surface area (Å²) in [7, 11) is 0. The van der Waals surface area contributed by atoms with E-state index in [-0.39, 0.29) is 11.4 Å². The molecule has 21 heavy (non-hydrogen) atoms. The number of esters is 1. The van der Waals surface area contributed by atoms with Gasteiger partial charge >= 0.3 is 5.97 Å². The van der Waals surface area contributed by atoms with Crippen LogP contribution >= 0.6 is 11.6 Å². The fourth-order valence-electron chi connectivity index (χ4n) is 1.72. The number of rotatable bonds is 5. The molecule has 6 heteroatoms. The normalized spacial score (nSPS) is 11.7. The number of carbonyl (C=O) groups is 1. The van der Waals surface area contributed by atoms with Crippen LogP contribution in [0.1, 0.15) is 5.56 Å². The van der Waals surface area contributed by atoms with E-state index in [0.717, 1.165) is 5.56 Å². The minimum Gasteiger partial charge on any atom is -0.425 e. The average Bonchev–Trinajstić information content (AvgIpc) is 2.48. The fourth-order valence-corrected chi connectivity index (χ4v) is 1.94. The molecule has 0 spiro atoms. The van der Waals surface area contributed by atoms with E-state index in [2.05, 4.69) is 0 Å². The molecule has 2 aromatic rings. The van der Waals surface area contributed by atoms with Crippen LogP contribution in [0.4, 0.5) is 5.69 Å². The third-order valence-corrected chi connectivity index (χ3v) is 3.11. The number of nitro benzene ring substituents is 1. The number of nitro groups is 1. The molecule has 0 heterocycles. The number of alkyl halides is 1. The second-order valence-electron chi connectivity index (χ2n) is 4.33. The van der Waals surface area contributed by atoms with Crippen molar-refractivity contribution in [2.45, 2.75) is 11.8 Å².